The normalized spacial score (nSPS) is 17.1. The van der Waals surface area contributed by atoms with E-state index in [-0.39, 0.29) is 6.04 Å². The van der Waals surface area contributed by atoms with E-state index in [9.17, 15) is 0 Å². The van der Waals surface area contributed by atoms with Crippen molar-refractivity contribution >= 4 is 34.5 Å². The number of anilines is 4. The van der Waals surface area contributed by atoms with Gasteiger partial charge in [-0.1, -0.05) is 109 Å². The van der Waals surface area contributed by atoms with Gasteiger partial charge in [-0.3, -0.25) is 0 Å². The summed E-state index contributed by atoms with van der Waals surface area (Å²) in [5, 5.41) is 7.39. The van der Waals surface area contributed by atoms with Gasteiger partial charge in [0.25, 0.3) is 0 Å². The van der Waals surface area contributed by atoms with Gasteiger partial charge in [-0.05, 0) is 102 Å². The predicted molar refractivity (Wildman–Crippen MR) is 197 cm³/mol. The molecule has 0 aromatic heterocycles. The first-order chi connectivity index (χ1) is 22.7. The Hall–Kier alpha value is -5.45. The van der Waals surface area contributed by atoms with Crippen molar-refractivity contribution in [2.75, 3.05) is 15.5 Å². The maximum atomic E-state index is 4.34. The lowest BCUT2D eigenvalue weighted by Crippen LogP contribution is -2.36. The maximum absolute atomic E-state index is 4.34. The quantitative estimate of drug-likeness (QED) is 0.182. The SMILES string of the molecule is C=C1/C=C\C=C/N(c2ccc(Nc3ccccc3Sc3ccccc3)cc2)C2CC1=CC=C2Nc1ccc(-c2ccccc2)cc1. The van der Waals surface area contributed by atoms with Crippen LogP contribution in [-0.2, 0) is 0 Å². The van der Waals surface area contributed by atoms with Gasteiger partial charge >= 0.3 is 0 Å². The third-order valence-electron chi connectivity index (χ3n) is 8.22. The maximum Gasteiger partial charge on any atom is 0.0775 e. The van der Waals surface area contributed by atoms with Crippen LogP contribution in [0.15, 0.2) is 203 Å². The van der Waals surface area contributed by atoms with E-state index >= 15 is 0 Å². The molecule has 0 spiro atoms. The summed E-state index contributed by atoms with van der Waals surface area (Å²) >= 11 is 1.76. The highest BCUT2D eigenvalue weighted by Crippen LogP contribution is 2.37. The summed E-state index contributed by atoms with van der Waals surface area (Å²) in [6.07, 6.45) is 13.7. The fourth-order valence-corrected chi connectivity index (χ4v) is 6.70. The van der Waals surface area contributed by atoms with Gasteiger partial charge in [0.15, 0.2) is 0 Å². The molecular formula is C42H35N3S. The average Bonchev–Trinajstić information content (AvgIpc) is 3.17. The van der Waals surface area contributed by atoms with E-state index in [2.05, 4.69) is 180 Å². The number of allylic oxidation sites excluding steroid dienone is 6. The molecule has 5 aromatic rings. The lowest BCUT2D eigenvalue weighted by molar-refractivity contribution is 0.722. The molecule has 0 saturated carbocycles. The average molecular weight is 614 g/mol. The number of nitrogens with zero attached hydrogens (tertiary/aromatic N) is 1. The Kier molecular flexibility index (Phi) is 8.70. The fraction of sp³-hybridized carbons (Fsp3) is 0.0476. The highest BCUT2D eigenvalue weighted by molar-refractivity contribution is 7.99. The zero-order valence-electron chi connectivity index (χ0n) is 25.5. The second-order valence-electron chi connectivity index (χ2n) is 11.3. The van der Waals surface area contributed by atoms with E-state index in [1.54, 1.807) is 11.8 Å². The zero-order valence-corrected chi connectivity index (χ0v) is 26.3. The van der Waals surface area contributed by atoms with Gasteiger partial charge in [0.2, 0.25) is 0 Å². The van der Waals surface area contributed by atoms with Crippen LogP contribution in [0.1, 0.15) is 6.42 Å². The van der Waals surface area contributed by atoms with E-state index in [0.29, 0.717) is 0 Å². The number of para-hydroxylation sites is 1. The number of rotatable bonds is 8. The molecule has 0 amide bonds. The molecule has 4 heteroatoms. The van der Waals surface area contributed by atoms with Crippen LogP contribution in [0.2, 0.25) is 0 Å². The van der Waals surface area contributed by atoms with Crippen LogP contribution in [0.4, 0.5) is 22.7 Å². The molecule has 2 aliphatic rings. The monoisotopic (exact) mass is 613 g/mol. The van der Waals surface area contributed by atoms with Crippen molar-refractivity contribution in [1.82, 2.24) is 0 Å². The fourth-order valence-electron chi connectivity index (χ4n) is 5.78. The van der Waals surface area contributed by atoms with Crippen LogP contribution in [-0.4, -0.2) is 6.04 Å². The van der Waals surface area contributed by atoms with Crippen LogP contribution in [0.3, 0.4) is 0 Å². The lowest BCUT2D eigenvalue weighted by Gasteiger charge is -2.35. The highest BCUT2D eigenvalue weighted by Gasteiger charge is 2.26. The Morgan fingerprint density at radius 3 is 2.07 bits per heavy atom. The Labute approximate surface area is 276 Å². The molecule has 1 unspecified atom stereocenters. The van der Waals surface area contributed by atoms with Crippen LogP contribution < -0.4 is 15.5 Å². The summed E-state index contributed by atoms with van der Waals surface area (Å²) in [6, 6.07) is 46.9. The second-order valence-corrected chi connectivity index (χ2v) is 12.4. The third kappa shape index (κ3) is 6.78. The van der Waals surface area contributed by atoms with Gasteiger partial charge < -0.3 is 15.5 Å². The number of hydrogen-bond acceptors (Lipinski definition) is 4. The molecule has 1 aliphatic carbocycles. The lowest BCUT2D eigenvalue weighted by atomic mass is 9.91. The Balaban J connectivity index is 1.13. The number of nitrogens with one attached hydrogen (secondary N) is 2. The van der Waals surface area contributed by atoms with Crippen molar-refractivity contribution in [2.45, 2.75) is 22.3 Å². The van der Waals surface area contributed by atoms with Crippen molar-refractivity contribution in [1.29, 1.82) is 0 Å². The summed E-state index contributed by atoms with van der Waals surface area (Å²) in [6.45, 7) is 4.34. The van der Waals surface area contributed by atoms with E-state index < -0.39 is 0 Å². The van der Waals surface area contributed by atoms with Crippen LogP contribution >= 0.6 is 11.8 Å². The first kappa shape index (κ1) is 29.3. The molecule has 0 radical (unpaired) electrons. The van der Waals surface area contributed by atoms with Gasteiger partial charge in [0, 0.05) is 38.8 Å². The van der Waals surface area contributed by atoms with Crippen LogP contribution in [0.25, 0.3) is 11.1 Å². The van der Waals surface area contributed by atoms with Crippen molar-refractivity contribution < 1.29 is 0 Å². The first-order valence-corrected chi connectivity index (χ1v) is 16.4. The van der Waals surface area contributed by atoms with E-state index in [1.165, 1.54) is 26.5 Å². The molecule has 5 aromatic carbocycles. The molecular weight excluding hydrogens is 579 g/mol. The van der Waals surface area contributed by atoms with E-state index in [1.807, 2.05) is 12.1 Å². The smallest absolute Gasteiger partial charge is 0.0775 e. The number of fused-ring (bicyclic) bond motifs is 2. The molecule has 1 aliphatic heterocycles. The van der Waals surface area contributed by atoms with Crippen molar-refractivity contribution in [3.8, 4) is 11.1 Å². The highest BCUT2D eigenvalue weighted by atomic mass is 32.2. The number of hydrogen-bond donors (Lipinski definition) is 2. The summed E-state index contributed by atoms with van der Waals surface area (Å²) in [5.74, 6) is 0. The summed E-state index contributed by atoms with van der Waals surface area (Å²) in [5.41, 5.74) is 10.2. The van der Waals surface area contributed by atoms with Crippen molar-refractivity contribution in [3.63, 3.8) is 0 Å². The van der Waals surface area contributed by atoms with E-state index in [0.717, 1.165) is 40.4 Å². The van der Waals surface area contributed by atoms with Gasteiger partial charge in [-0.2, -0.15) is 0 Å². The van der Waals surface area contributed by atoms with Gasteiger partial charge in [-0.15, -0.1) is 0 Å². The largest absolute Gasteiger partial charge is 0.357 e. The Morgan fingerprint density at radius 2 is 1.28 bits per heavy atom. The van der Waals surface area contributed by atoms with Crippen molar-refractivity contribution in [2.24, 2.45) is 0 Å². The Bertz CT molecular complexity index is 1940. The Morgan fingerprint density at radius 1 is 0.630 bits per heavy atom. The second kappa shape index (κ2) is 13.7. The molecule has 224 valence electrons. The molecule has 1 atom stereocenters. The minimum Gasteiger partial charge on any atom is -0.357 e. The molecule has 0 saturated heterocycles. The molecule has 2 bridgehead atoms. The topological polar surface area (TPSA) is 27.3 Å². The van der Waals surface area contributed by atoms with Crippen LogP contribution in [0.5, 0.6) is 0 Å². The third-order valence-corrected chi connectivity index (χ3v) is 9.31. The van der Waals surface area contributed by atoms with Gasteiger partial charge in [0.1, 0.15) is 0 Å². The molecule has 2 N–H and O–H groups in total. The first-order valence-electron chi connectivity index (χ1n) is 15.5. The zero-order chi connectivity index (χ0) is 31.1. The summed E-state index contributed by atoms with van der Waals surface area (Å²) < 4.78 is 0. The van der Waals surface area contributed by atoms with Crippen molar-refractivity contribution in [3.05, 3.63) is 193 Å². The minimum absolute atomic E-state index is 0.0727. The molecule has 46 heavy (non-hydrogen) atoms. The summed E-state index contributed by atoms with van der Waals surface area (Å²) in [4.78, 5) is 4.76. The molecule has 7 rings (SSSR count). The standard InChI is InChI=1S/C42H35N3S/c1-31-12-10-11-29-45(37-26-24-36(25-27-37)44-40-17-8-9-18-42(40)46-38-15-6-3-7-16-38)41-30-34(31)21-28-39(41)43-35-22-19-33(20-23-35)32-13-4-2-5-14-32/h2-29,41,43-44H,1,30H2/b12-10-,29-11-. The molecule has 0 fully saturated rings. The van der Waals surface area contributed by atoms with Gasteiger partial charge in [0.05, 0.1) is 11.7 Å². The predicted octanol–water partition coefficient (Wildman–Crippen LogP) is 11.4. The minimum atomic E-state index is 0.0727. The molecule has 1 heterocycles. The van der Waals surface area contributed by atoms with E-state index in [4.69, 9.17) is 0 Å². The summed E-state index contributed by atoms with van der Waals surface area (Å²) in [7, 11) is 0. The van der Waals surface area contributed by atoms with Gasteiger partial charge in [-0.25, -0.2) is 0 Å². The van der Waals surface area contributed by atoms with Crippen LogP contribution in [0, 0.1) is 0 Å². The number of benzene rings is 5. The molecule has 3 nitrogen and oxygen atoms in total.